The first-order chi connectivity index (χ1) is 10.5. The van der Waals surface area contributed by atoms with Crippen LogP contribution in [0.5, 0.6) is 0 Å². The van der Waals surface area contributed by atoms with Crippen molar-refractivity contribution in [3.8, 4) is 0 Å². The van der Waals surface area contributed by atoms with Crippen LogP contribution in [0.2, 0.25) is 0 Å². The van der Waals surface area contributed by atoms with Crippen LogP contribution in [0.3, 0.4) is 0 Å². The maximum Gasteiger partial charge on any atom is 0.273 e. The van der Waals surface area contributed by atoms with Crippen molar-refractivity contribution in [2.24, 2.45) is 7.05 Å². The van der Waals surface area contributed by atoms with Crippen LogP contribution >= 0.6 is 31.9 Å². The third-order valence-corrected chi connectivity index (χ3v) is 4.74. The molecule has 0 aliphatic heterocycles. The second-order valence-electron chi connectivity index (χ2n) is 4.82. The maximum absolute atomic E-state index is 13.9. The van der Waals surface area contributed by atoms with E-state index in [1.807, 2.05) is 24.3 Å². The van der Waals surface area contributed by atoms with Gasteiger partial charge in [0.15, 0.2) is 0 Å². The molecule has 0 atom stereocenters. The summed E-state index contributed by atoms with van der Waals surface area (Å²) in [5.74, 6) is -0.857. The van der Waals surface area contributed by atoms with Crippen LogP contribution in [0.4, 0.5) is 10.1 Å². The predicted octanol–water partition coefficient (Wildman–Crippen LogP) is 5.09. The lowest BCUT2D eigenvalue weighted by Crippen LogP contribution is -2.17. The monoisotopic (exact) mass is 424 g/mol. The number of carbonyl (C=O) groups is 1. The molecule has 0 radical (unpaired) electrons. The van der Waals surface area contributed by atoms with E-state index in [0.717, 1.165) is 10.9 Å². The molecule has 0 aliphatic rings. The number of nitrogens with one attached hydrogen (secondary N) is 1. The summed E-state index contributed by atoms with van der Waals surface area (Å²) in [6, 6.07) is 12.2. The molecular weight excluding hydrogens is 415 g/mol. The van der Waals surface area contributed by atoms with Gasteiger partial charge >= 0.3 is 0 Å². The van der Waals surface area contributed by atoms with Gasteiger partial charge in [0.1, 0.15) is 11.5 Å². The number of hydrogen-bond acceptors (Lipinski definition) is 1. The SMILES string of the molecule is Cn1c(C(=O)Nc2ccc(Br)cc2F)c(Br)c2ccccc21. The zero-order valence-electron chi connectivity index (χ0n) is 11.5. The highest BCUT2D eigenvalue weighted by Gasteiger charge is 2.20. The highest BCUT2D eigenvalue weighted by atomic mass is 79.9. The molecule has 112 valence electrons. The van der Waals surface area contributed by atoms with Crippen molar-refractivity contribution in [3.63, 3.8) is 0 Å². The van der Waals surface area contributed by atoms with Crippen LogP contribution in [-0.4, -0.2) is 10.5 Å². The summed E-state index contributed by atoms with van der Waals surface area (Å²) in [5, 5.41) is 3.55. The summed E-state index contributed by atoms with van der Waals surface area (Å²) >= 11 is 6.65. The van der Waals surface area contributed by atoms with E-state index in [-0.39, 0.29) is 11.6 Å². The quantitative estimate of drug-likeness (QED) is 0.609. The molecule has 0 unspecified atom stereocenters. The highest BCUT2D eigenvalue weighted by Crippen LogP contribution is 2.31. The van der Waals surface area contributed by atoms with Gasteiger partial charge in [0.05, 0.1) is 10.2 Å². The van der Waals surface area contributed by atoms with Crippen molar-refractivity contribution in [1.82, 2.24) is 4.57 Å². The molecule has 0 aliphatic carbocycles. The highest BCUT2D eigenvalue weighted by molar-refractivity contribution is 9.11. The van der Waals surface area contributed by atoms with Gasteiger partial charge in [-0.15, -0.1) is 0 Å². The van der Waals surface area contributed by atoms with Crippen LogP contribution in [-0.2, 0) is 7.05 Å². The molecule has 3 rings (SSSR count). The van der Waals surface area contributed by atoms with Gasteiger partial charge in [0.2, 0.25) is 0 Å². The standard InChI is InChI=1S/C16H11Br2FN2O/c1-21-13-5-3-2-4-10(13)14(18)15(21)16(22)20-12-7-6-9(17)8-11(12)19/h2-8H,1H3,(H,20,22). The first kappa shape index (κ1) is 15.2. The first-order valence-electron chi connectivity index (χ1n) is 6.48. The van der Waals surface area contributed by atoms with Crippen LogP contribution in [0, 0.1) is 5.82 Å². The molecule has 0 bridgehead atoms. The molecule has 0 saturated carbocycles. The summed E-state index contributed by atoms with van der Waals surface area (Å²) in [4.78, 5) is 12.5. The molecule has 0 saturated heterocycles. The van der Waals surface area contributed by atoms with Crippen molar-refractivity contribution in [2.75, 3.05) is 5.32 Å². The maximum atomic E-state index is 13.9. The number of anilines is 1. The number of amides is 1. The Labute approximate surface area is 143 Å². The minimum atomic E-state index is -0.488. The molecule has 1 aromatic heterocycles. The van der Waals surface area contributed by atoms with Crippen molar-refractivity contribution in [1.29, 1.82) is 0 Å². The van der Waals surface area contributed by atoms with Gasteiger partial charge in [-0.05, 0) is 40.2 Å². The van der Waals surface area contributed by atoms with E-state index < -0.39 is 5.82 Å². The first-order valence-corrected chi connectivity index (χ1v) is 8.07. The van der Waals surface area contributed by atoms with E-state index in [2.05, 4.69) is 37.2 Å². The Morgan fingerprint density at radius 3 is 2.59 bits per heavy atom. The molecule has 3 nitrogen and oxygen atoms in total. The fourth-order valence-corrected chi connectivity index (χ4v) is 3.49. The number of aryl methyl sites for hydroxylation is 1. The topological polar surface area (TPSA) is 34.0 Å². The second kappa shape index (κ2) is 5.85. The Kier molecular flexibility index (Phi) is 4.06. The minimum absolute atomic E-state index is 0.144. The molecule has 1 N–H and O–H groups in total. The molecule has 22 heavy (non-hydrogen) atoms. The van der Waals surface area contributed by atoms with E-state index in [4.69, 9.17) is 0 Å². The van der Waals surface area contributed by atoms with Gasteiger partial charge in [-0.1, -0.05) is 34.1 Å². The average Bonchev–Trinajstić information content (AvgIpc) is 2.74. The number of hydrogen-bond donors (Lipinski definition) is 1. The van der Waals surface area contributed by atoms with Gasteiger partial charge in [0.25, 0.3) is 5.91 Å². The normalized spacial score (nSPS) is 10.9. The molecule has 0 fully saturated rings. The summed E-state index contributed by atoms with van der Waals surface area (Å²) < 4.78 is 17.0. The number of aromatic nitrogens is 1. The Bertz CT molecular complexity index is 850. The molecule has 2 aromatic carbocycles. The minimum Gasteiger partial charge on any atom is -0.339 e. The van der Waals surface area contributed by atoms with Crippen molar-refractivity contribution < 1.29 is 9.18 Å². The van der Waals surface area contributed by atoms with E-state index in [1.165, 1.54) is 12.1 Å². The summed E-state index contributed by atoms with van der Waals surface area (Å²) in [5.41, 5.74) is 1.52. The van der Waals surface area contributed by atoms with Gasteiger partial charge in [-0.25, -0.2) is 4.39 Å². The number of nitrogens with zero attached hydrogens (tertiary/aromatic N) is 1. The molecule has 1 amide bonds. The van der Waals surface area contributed by atoms with Crippen molar-refractivity contribution >= 4 is 54.4 Å². The number of fused-ring (bicyclic) bond motifs is 1. The number of para-hydroxylation sites is 1. The summed E-state index contributed by atoms with van der Waals surface area (Å²) in [6.07, 6.45) is 0. The van der Waals surface area contributed by atoms with Crippen LogP contribution in [0.15, 0.2) is 51.4 Å². The second-order valence-corrected chi connectivity index (χ2v) is 6.53. The zero-order chi connectivity index (χ0) is 15.9. The summed E-state index contributed by atoms with van der Waals surface area (Å²) in [6.45, 7) is 0. The smallest absolute Gasteiger partial charge is 0.273 e. The average molecular weight is 426 g/mol. The lowest BCUT2D eigenvalue weighted by atomic mass is 10.2. The van der Waals surface area contributed by atoms with Crippen molar-refractivity contribution in [2.45, 2.75) is 0 Å². The van der Waals surface area contributed by atoms with Gasteiger partial charge in [0, 0.05) is 22.4 Å². The lowest BCUT2D eigenvalue weighted by molar-refractivity contribution is 0.101. The van der Waals surface area contributed by atoms with Crippen LogP contribution in [0.1, 0.15) is 10.5 Å². The van der Waals surface area contributed by atoms with E-state index >= 15 is 0 Å². The largest absolute Gasteiger partial charge is 0.339 e. The lowest BCUT2D eigenvalue weighted by Gasteiger charge is -2.08. The molecule has 1 heterocycles. The number of benzene rings is 2. The number of rotatable bonds is 2. The third kappa shape index (κ3) is 2.57. The Hall–Kier alpha value is -1.66. The molecule has 3 aromatic rings. The fraction of sp³-hybridized carbons (Fsp3) is 0.0625. The van der Waals surface area contributed by atoms with Crippen LogP contribution < -0.4 is 5.32 Å². The van der Waals surface area contributed by atoms with E-state index in [0.29, 0.717) is 14.6 Å². The number of carbonyl (C=O) groups excluding carboxylic acids is 1. The van der Waals surface area contributed by atoms with Gasteiger partial charge in [-0.3, -0.25) is 4.79 Å². The van der Waals surface area contributed by atoms with Gasteiger partial charge in [-0.2, -0.15) is 0 Å². The zero-order valence-corrected chi connectivity index (χ0v) is 14.7. The van der Waals surface area contributed by atoms with E-state index in [1.54, 1.807) is 17.7 Å². The molecule has 6 heteroatoms. The van der Waals surface area contributed by atoms with E-state index in [9.17, 15) is 9.18 Å². The Morgan fingerprint density at radius 2 is 1.91 bits per heavy atom. The van der Waals surface area contributed by atoms with Crippen molar-refractivity contribution in [3.05, 3.63) is 62.9 Å². The number of halogens is 3. The predicted molar refractivity (Wildman–Crippen MR) is 92.7 cm³/mol. The Morgan fingerprint density at radius 1 is 1.18 bits per heavy atom. The fourth-order valence-electron chi connectivity index (χ4n) is 2.37. The molecule has 0 spiro atoms. The molecular formula is C16H11Br2FN2O. The third-order valence-electron chi connectivity index (χ3n) is 3.44. The Balaban J connectivity index is 2.02. The van der Waals surface area contributed by atoms with Gasteiger partial charge < -0.3 is 9.88 Å². The van der Waals surface area contributed by atoms with Crippen LogP contribution in [0.25, 0.3) is 10.9 Å². The summed E-state index contributed by atoms with van der Waals surface area (Å²) in [7, 11) is 1.81.